The molecule has 0 aliphatic rings. The molecular formula is C14H16ClFN2S. The fraction of sp³-hybridized carbons (Fsp3) is 0.357. The summed E-state index contributed by atoms with van der Waals surface area (Å²) < 4.78 is 13.7. The monoisotopic (exact) mass is 298 g/mol. The molecule has 0 radical (unpaired) electrons. The lowest BCUT2D eigenvalue weighted by Gasteiger charge is -2.24. The molecule has 0 N–H and O–H groups in total. The Balaban J connectivity index is 2.07. The normalized spacial score (nSPS) is 12.9. The van der Waals surface area contributed by atoms with Crippen LogP contribution in [0.4, 0.5) is 4.39 Å². The van der Waals surface area contributed by atoms with Crippen LogP contribution in [-0.2, 0) is 12.4 Å². The lowest BCUT2D eigenvalue weighted by atomic mass is 10.1. The van der Waals surface area contributed by atoms with Gasteiger partial charge in [-0.25, -0.2) is 9.37 Å². The molecule has 0 spiro atoms. The molecule has 1 aromatic heterocycles. The van der Waals surface area contributed by atoms with Gasteiger partial charge in [-0.15, -0.1) is 22.9 Å². The summed E-state index contributed by atoms with van der Waals surface area (Å²) in [5, 5.41) is 2.96. The Hall–Kier alpha value is -0.970. The Morgan fingerprint density at radius 3 is 2.79 bits per heavy atom. The Morgan fingerprint density at radius 2 is 2.16 bits per heavy atom. The maximum absolute atomic E-state index is 13.7. The molecule has 0 saturated heterocycles. The predicted octanol–water partition coefficient (Wildman–Crippen LogP) is 4.21. The molecule has 0 aliphatic heterocycles. The van der Waals surface area contributed by atoms with Gasteiger partial charge in [-0.3, -0.25) is 4.90 Å². The van der Waals surface area contributed by atoms with Crippen LogP contribution in [0.5, 0.6) is 0 Å². The van der Waals surface area contributed by atoms with Gasteiger partial charge in [-0.2, -0.15) is 0 Å². The smallest absolute Gasteiger partial charge is 0.127 e. The van der Waals surface area contributed by atoms with E-state index in [9.17, 15) is 4.39 Å². The third-order valence-corrected chi connectivity index (χ3v) is 4.29. The maximum Gasteiger partial charge on any atom is 0.127 e. The number of rotatable bonds is 5. The van der Waals surface area contributed by atoms with E-state index in [1.54, 1.807) is 17.4 Å². The van der Waals surface area contributed by atoms with Gasteiger partial charge in [0.05, 0.1) is 18.1 Å². The van der Waals surface area contributed by atoms with Gasteiger partial charge < -0.3 is 0 Å². The number of benzene rings is 1. The molecule has 19 heavy (non-hydrogen) atoms. The number of hydrogen-bond acceptors (Lipinski definition) is 3. The van der Waals surface area contributed by atoms with E-state index in [0.717, 1.165) is 10.7 Å². The zero-order chi connectivity index (χ0) is 13.8. The average molecular weight is 299 g/mol. The van der Waals surface area contributed by atoms with Gasteiger partial charge >= 0.3 is 0 Å². The fourth-order valence-corrected chi connectivity index (χ4v) is 2.97. The van der Waals surface area contributed by atoms with Crippen molar-refractivity contribution in [2.24, 2.45) is 0 Å². The molecule has 2 rings (SSSR count). The molecule has 0 amide bonds. The van der Waals surface area contributed by atoms with Crippen LogP contribution >= 0.6 is 22.9 Å². The second-order valence-corrected chi connectivity index (χ2v) is 5.69. The van der Waals surface area contributed by atoms with Crippen LogP contribution in [0.15, 0.2) is 29.6 Å². The molecule has 1 heterocycles. The van der Waals surface area contributed by atoms with E-state index >= 15 is 0 Å². The van der Waals surface area contributed by atoms with Crippen molar-refractivity contribution in [3.05, 3.63) is 51.7 Å². The van der Waals surface area contributed by atoms with Crippen LogP contribution < -0.4 is 0 Å². The first kappa shape index (κ1) is 14.4. The van der Waals surface area contributed by atoms with E-state index in [2.05, 4.69) is 9.88 Å². The molecular weight excluding hydrogens is 283 g/mol. The Labute approximate surface area is 121 Å². The van der Waals surface area contributed by atoms with Gasteiger partial charge in [-0.05, 0) is 20.0 Å². The molecule has 102 valence electrons. The third-order valence-electron chi connectivity index (χ3n) is 3.14. The second kappa shape index (κ2) is 6.46. The highest BCUT2D eigenvalue weighted by Gasteiger charge is 2.16. The summed E-state index contributed by atoms with van der Waals surface area (Å²) in [5.41, 5.74) is 1.60. The molecule has 1 atom stereocenters. The number of halogens is 2. The van der Waals surface area contributed by atoms with E-state index < -0.39 is 0 Å². The van der Waals surface area contributed by atoms with Crippen molar-refractivity contribution in [3.63, 3.8) is 0 Å². The Bertz CT molecular complexity index is 544. The molecule has 0 bridgehead atoms. The van der Waals surface area contributed by atoms with Crippen LogP contribution in [0, 0.1) is 5.82 Å². The van der Waals surface area contributed by atoms with Crippen molar-refractivity contribution in [2.75, 3.05) is 7.05 Å². The van der Waals surface area contributed by atoms with Gasteiger partial charge in [0, 0.05) is 17.0 Å². The van der Waals surface area contributed by atoms with E-state index in [4.69, 9.17) is 11.6 Å². The SMILES string of the molecule is CC(c1ccccc1F)N(C)Cc1nc(CCl)cs1. The maximum atomic E-state index is 13.7. The molecule has 0 saturated carbocycles. The molecule has 0 aliphatic carbocycles. The summed E-state index contributed by atoms with van der Waals surface area (Å²) in [4.78, 5) is 6.50. The predicted molar refractivity (Wildman–Crippen MR) is 78.0 cm³/mol. The highest BCUT2D eigenvalue weighted by Crippen LogP contribution is 2.24. The van der Waals surface area contributed by atoms with E-state index in [1.165, 1.54) is 6.07 Å². The first-order chi connectivity index (χ1) is 9.11. The van der Waals surface area contributed by atoms with Gasteiger partial charge in [0.25, 0.3) is 0 Å². The number of thiazole rings is 1. The van der Waals surface area contributed by atoms with Crippen molar-refractivity contribution in [1.82, 2.24) is 9.88 Å². The number of hydrogen-bond donors (Lipinski definition) is 0. The minimum Gasteiger partial charge on any atom is -0.293 e. The molecule has 1 unspecified atom stereocenters. The van der Waals surface area contributed by atoms with E-state index in [-0.39, 0.29) is 11.9 Å². The van der Waals surface area contributed by atoms with Crippen molar-refractivity contribution in [2.45, 2.75) is 25.4 Å². The third kappa shape index (κ3) is 3.53. The quantitative estimate of drug-likeness (QED) is 0.769. The Morgan fingerprint density at radius 1 is 1.42 bits per heavy atom. The first-order valence-electron chi connectivity index (χ1n) is 6.05. The van der Waals surface area contributed by atoms with Crippen LogP contribution in [-0.4, -0.2) is 16.9 Å². The average Bonchev–Trinajstić information content (AvgIpc) is 2.86. The van der Waals surface area contributed by atoms with Gasteiger partial charge in [0.15, 0.2) is 0 Å². The van der Waals surface area contributed by atoms with Crippen LogP contribution in [0.25, 0.3) is 0 Å². The zero-order valence-electron chi connectivity index (χ0n) is 10.9. The van der Waals surface area contributed by atoms with Crippen LogP contribution in [0.3, 0.4) is 0 Å². The van der Waals surface area contributed by atoms with Crippen molar-refractivity contribution in [3.8, 4) is 0 Å². The van der Waals surface area contributed by atoms with E-state index in [0.29, 0.717) is 18.0 Å². The molecule has 5 heteroatoms. The lowest BCUT2D eigenvalue weighted by molar-refractivity contribution is 0.247. The fourth-order valence-electron chi connectivity index (χ4n) is 1.88. The number of alkyl halides is 1. The Kier molecular flexibility index (Phi) is 4.91. The zero-order valence-corrected chi connectivity index (χ0v) is 12.5. The summed E-state index contributed by atoms with van der Waals surface area (Å²) in [7, 11) is 1.97. The summed E-state index contributed by atoms with van der Waals surface area (Å²) in [6, 6.07) is 6.89. The van der Waals surface area contributed by atoms with Crippen molar-refractivity contribution in [1.29, 1.82) is 0 Å². The summed E-state index contributed by atoms with van der Waals surface area (Å²) in [6.07, 6.45) is 0. The van der Waals surface area contributed by atoms with Gasteiger partial charge in [-0.1, -0.05) is 18.2 Å². The topological polar surface area (TPSA) is 16.1 Å². The van der Waals surface area contributed by atoms with Crippen molar-refractivity contribution >= 4 is 22.9 Å². The molecule has 2 aromatic rings. The second-order valence-electron chi connectivity index (χ2n) is 4.48. The lowest BCUT2D eigenvalue weighted by Crippen LogP contribution is -2.22. The summed E-state index contributed by atoms with van der Waals surface area (Å²) in [6.45, 7) is 2.69. The number of nitrogens with zero attached hydrogens (tertiary/aromatic N) is 2. The first-order valence-corrected chi connectivity index (χ1v) is 7.47. The molecule has 2 nitrogen and oxygen atoms in total. The number of aromatic nitrogens is 1. The largest absolute Gasteiger partial charge is 0.293 e. The minimum absolute atomic E-state index is 0.00421. The minimum atomic E-state index is -0.164. The highest BCUT2D eigenvalue weighted by atomic mass is 35.5. The molecule has 1 aromatic carbocycles. The summed E-state index contributed by atoms with van der Waals surface area (Å²) >= 11 is 7.33. The summed E-state index contributed by atoms with van der Waals surface area (Å²) in [5.74, 6) is 0.269. The molecule has 0 fully saturated rings. The van der Waals surface area contributed by atoms with Crippen LogP contribution in [0.2, 0.25) is 0 Å². The van der Waals surface area contributed by atoms with Crippen molar-refractivity contribution < 1.29 is 4.39 Å². The standard InChI is InChI=1S/C14H16ClFN2S/c1-10(12-5-3-4-6-13(12)16)18(2)8-14-17-11(7-15)9-19-14/h3-6,9-10H,7-8H2,1-2H3. The van der Waals surface area contributed by atoms with Crippen LogP contribution in [0.1, 0.15) is 29.2 Å². The van der Waals surface area contributed by atoms with Gasteiger partial charge in [0.2, 0.25) is 0 Å². The van der Waals surface area contributed by atoms with E-state index in [1.807, 2.05) is 31.5 Å². The highest BCUT2D eigenvalue weighted by molar-refractivity contribution is 7.09. The van der Waals surface area contributed by atoms with Gasteiger partial charge in [0.1, 0.15) is 10.8 Å².